The van der Waals surface area contributed by atoms with Crippen LogP contribution in [0.25, 0.3) is 10.9 Å². The molecule has 0 amide bonds. The van der Waals surface area contributed by atoms with Crippen molar-refractivity contribution in [1.82, 2.24) is 9.66 Å². The molecule has 192 valence electrons. The highest BCUT2D eigenvalue weighted by Crippen LogP contribution is 2.37. The van der Waals surface area contributed by atoms with Crippen molar-refractivity contribution >= 4 is 49.0 Å². The fraction of sp³-hybridized carbons (Fsp3) is 0.250. The summed E-state index contributed by atoms with van der Waals surface area (Å²) in [6.07, 6.45) is 1.58. The number of hydrogen-bond donors (Lipinski definition) is 0. The highest BCUT2D eigenvalue weighted by Gasteiger charge is 2.23. The van der Waals surface area contributed by atoms with Gasteiger partial charge in [-0.25, -0.2) is 9.37 Å². The topological polar surface area (TPSA) is 65.7 Å². The molecule has 6 nitrogen and oxygen atoms in total. The summed E-state index contributed by atoms with van der Waals surface area (Å²) in [6.45, 7) is 8.26. The second-order valence-electron chi connectivity index (χ2n) is 9.35. The zero-order valence-corrected chi connectivity index (χ0v) is 24.1. The predicted molar refractivity (Wildman–Crippen MR) is 151 cm³/mol. The van der Waals surface area contributed by atoms with Crippen molar-refractivity contribution in [2.75, 3.05) is 6.61 Å². The molecule has 0 N–H and O–H groups in total. The lowest BCUT2D eigenvalue weighted by Gasteiger charge is -2.21. The van der Waals surface area contributed by atoms with Crippen LogP contribution in [0.4, 0.5) is 4.39 Å². The SMILES string of the molecule is CCOc1cc(C=Nn2c(C(C)(C)C)nc3ccc(Br)cc3c2=O)cc(Br)c1OCc1ccccc1F. The fourth-order valence-electron chi connectivity index (χ4n) is 3.70. The summed E-state index contributed by atoms with van der Waals surface area (Å²) in [5, 5.41) is 5.00. The van der Waals surface area contributed by atoms with E-state index in [1.165, 1.54) is 10.7 Å². The van der Waals surface area contributed by atoms with Crippen LogP contribution in [-0.2, 0) is 12.0 Å². The first-order chi connectivity index (χ1) is 17.6. The molecule has 3 aromatic carbocycles. The van der Waals surface area contributed by atoms with Crippen LogP contribution < -0.4 is 15.0 Å². The van der Waals surface area contributed by atoms with Crippen LogP contribution in [0.3, 0.4) is 0 Å². The number of ether oxygens (including phenoxy) is 2. The van der Waals surface area contributed by atoms with Gasteiger partial charge in [0.25, 0.3) is 5.56 Å². The lowest BCUT2D eigenvalue weighted by atomic mass is 9.95. The van der Waals surface area contributed by atoms with Crippen molar-refractivity contribution in [3.05, 3.63) is 96.7 Å². The van der Waals surface area contributed by atoms with Crippen molar-refractivity contribution in [1.29, 1.82) is 0 Å². The van der Waals surface area contributed by atoms with Crippen LogP contribution in [0.15, 0.2) is 73.4 Å². The molecule has 9 heteroatoms. The highest BCUT2D eigenvalue weighted by molar-refractivity contribution is 9.10. The average molecular weight is 631 g/mol. The number of halogens is 3. The van der Waals surface area contributed by atoms with E-state index in [4.69, 9.17) is 14.5 Å². The van der Waals surface area contributed by atoms with E-state index in [9.17, 15) is 9.18 Å². The Kier molecular flexibility index (Phi) is 8.14. The van der Waals surface area contributed by atoms with Gasteiger partial charge in [-0.15, -0.1) is 0 Å². The minimum atomic E-state index is -0.431. The molecule has 0 saturated heterocycles. The normalized spacial score (nSPS) is 11.9. The van der Waals surface area contributed by atoms with Crippen LogP contribution in [0.1, 0.15) is 44.6 Å². The molecule has 0 aliphatic heterocycles. The smallest absolute Gasteiger partial charge is 0.282 e. The molecule has 0 unspecified atom stereocenters. The Morgan fingerprint density at radius 2 is 1.84 bits per heavy atom. The van der Waals surface area contributed by atoms with Crippen molar-refractivity contribution in [3.63, 3.8) is 0 Å². The summed E-state index contributed by atoms with van der Waals surface area (Å²) in [4.78, 5) is 18.2. The van der Waals surface area contributed by atoms with Gasteiger partial charge in [-0.3, -0.25) is 4.79 Å². The number of hydrogen-bond acceptors (Lipinski definition) is 5. The van der Waals surface area contributed by atoms with Gasteiger partial charge in [0.15, 0.2) is 11.5 Å². The summed E-state index contributed by atoms with van der Waals surface area (Å²) in [5.74, 6) is 1.12. The van der Waals surface area contributed by atoms with Gasteiger partial charge in [-0.2, -0.15) is 9.78 Å². The summed E-state index contributed by atoms with van der Waals surface area (Å²) < 4.78 is 28.5. The zero-order valence-electron chi connectivity index (χ0n) is 20.9. The van der Waals surface area contributed by atoms with E-state index < -0.39 is 5.41 Å². The van der Waals surface area contributed by atoms with Gasteiger partial charge < -0.3 is 9.47 Å². The molecule has 0 aliphatic carbocycles. The Labute approximate surface area is 231 Å². The van der Waals surface area contributed by atoms with Gasteiger partial charge in [-0.05, 0) is 64.8 Å². The first-order valence-electron chi connectivity index (χ1n) is 11.7. The van der Waals surface area contributed by atoms with E-state index >= 15 is 0 Å². The molecule has 4 aromatic rings. The largest absolute Gasteiger partial charge is 0.490 e. The standard InChI is InChI=1S/C28H26Br2FN3O3/c1-5-36-24-13-17(12-21(30)25(24)37-16-18-8-6-7-9-22(18)31)15-32-34-26(35)20-14-19(29)10-11-23(20)33-27(34)28(2,3)4/h6-15H,5,16H2,1-4H3. The van der Waals surface area contributed by atoms with Crippen LogP contribution in [0, 0.1) is 5.82 Å². The first-order valence-corrected chi connectivity index (χ1v) is 13.3. The molecule has 0 spiro atoms. The first kappa shape index (κ1) is 27.0. The monoisotopic (exact) mass is 629 g/mol. The molecule has 0 radical (unpaired) electrons. The van der Waals surface area contributed by atoms with E-state index in [0.29, 0.717) is 50.4 Å². The molecule has 0 saturated carbocycles. The maximum absolute atomic E-state index is 14.1. The van der Waals surface area contributed by atoms with Gasteiger partial charge in [0.2, 0.25) is 0 Å². The maximum atomic E-state index is 14.1. The Hall–Kier alpha value is -3.04. The highest BCUT2D eigenvalue weighted by atomic mass is 79.9. The summed E-state index contributed by atoms with van der Waals surface area (Å²) in [6, 6.07) is 15.4. The molecule has 0 aliphatic rings. The maximum Gasteiger partial charge on any atom is 0.282 e. The van der Waals surface area contributed by atoms with E-state index in [1.54, 1.807) is 42.6 Å². The van der Waals surface area contributed by atoms with Crippen molar-refractivity contribution < 1.29 is 13.9 Å². The van der Waals surface area contributed by atoms with Gasteiger partial charge in [-0.1, -0.05) is 54.9 Å². The van der Waals surface area contributed by atoms with Crippen LogP contribution in [0.5, 0.6) is 11.5 Å². The fourth-order valence-corrected chi connectivity index (χ4v) is 4.63. The van der Waals surface area contributed by atoms with Gasteiger partial charge in [0.05, 0.1) is 28.2 Å². The van der Waals surface area contributed by atoms with Crippen LogP contribution in [-0.4, -0.2) is 22.5 Å². The van der Waals surface area contributed by atoms with Gasteiger partial charge in [0, 0.05) is 15.5 Å². The second-order valence-corrected chi connectivity index (χ2v) is 11.1. The third kappa shape index (κ3) is 6.10. The van der Waals surface area contributed by atoms with E-state index in [2.05, 4.69) is 37.0 Å². The van der Waals surface area contributed by atoms with Crippen LogP contribution in [0.2, 0.25) is 0 Å². The molecule has 1 heterocycles. The molecule has 0 bridgehead atoms. The summed E-state index contributed by atoms with van der Waals surface area (Å²) in [7, 11) is 0. The number of benzene rings is 3. The van der Waals surface area contributed by atoms with E-state index in [-0.39, 0.29) is 18.0 Å². The minimum absolute atomic E-state index is 0.0431. The van der Waals surface area contributed by atoms with Crippen molar-refractivity contribution in [2.24, 2.45) is 5.10 Å². The lowest BCUT2D eigenvalue weighted by molar-refractivity contribution is 0.264. The average Bonchev–Trinajstić information content (AvgIpc) is 2.83. The second kappa shape index (κ2) is 11.1. The third-order valence-electron chi connectivity index (χ3n) is 5.46. The molecule has 4 rings (SSSR count). The summed E-state index contributed by atoms with van der Waals surface area (Å²) >= 11 is 6.97. The molecular formula is C28H26Br2FN3O3. The lowest BCUT2D eigenvalue weighted by Crippen LogP contribution is -2.29. The number of nitrogens with zero attached hydrogens (tertiary/aromatic N) is 3. The van der Waals surface area contributed by atoms with Gasteiger partial charge in [0.1, 0.15) is 18.2 Å². The molecule has 37 heavy (non-hydrogen) atoms. The number of fused-ring (bicyclic) bond motifs is 1. The molecular weight excluding hydrogens is 605 g/mol. The summed E-state index contributed by atoms with van der Waals surface area (Å²) in [5.41, 5.74) is 1.03. The number of aromatic nitrogens is 2. The zero-order chi connectivity index (χ0) is 26.7. The van der Waals surface area contributed by atoms with E-state index in [1.807, 2.05) is 39.8 Å². The Morgan fingerprint density at radius 1 is 1.08 bits per heavy atom. The molecule has 0 fully saturated rings. The van der Waals surface area contributed by atoms with E-state index in [0.717, 1.165) is 4.47 Å². The minimum Gasteiger partial charge on any atom is -0.490 e. The van der Waals surface area contributed by atoms with Crippen molar-refractivity contribution in [2.45, 2.75) is 39.7 Å². The van der Waals surface area contributed by atoms with Crippen LogP contribution >= 0.6 is 31.9 Å². The Bertz CT molecular complexity index is 1540. The number of rotatable bonds is 7. The third-order valence-corrected chi connectivity index (χ3v) is 6.55. The van der Waals surface area contributed by atoms with Gasteiger partial charge >= 0.3 is 0 Å². The van der Waals surface area contributed by atoms with Crippen molar-refractivity contribution in [3.8, 4) is 11.5 Å². The predicted octanol–water partition coefficient (Wildman–Crippen LogP) is 7.22. The Balaban J connectivity index is 1.74. The molecule has 0 atom stereocenters. The Morgan fingerprint density at radius 3 is 2.54 bits per heavy atom. The molecule has 1 aromatic heterocycles. The quantitative estimate of drug-likeness (QED) is 0.202.